The van der Waals surface area contributed by atoms with Crippen molar-refractivity contribution in [3.05, 3.63) is 29.7 Å². The van der Waals surface area contributed by atoms with Gasteiger partial charge in [0.25, 0.3) is 5.91 Å². The lowest BCUT2D eigenvalue weighted by atomic mass is 9.90. The summed E-state index contributed by atoms with van der Waals surface area (Å²) >= 11 is 0. The molecule has 6 heteroatoms. The van der Waals surface area contributed by atoms with Crippen LogP contribution in [-0.2, 0) is 0 Å². The number of aromatic nitrogens is 3. The maximum Gasteiger partial charge on any atom is 0.259 e. The van der Waals surface area contributed by atoms with Gasteiger partial charge < -0.3 is 10.0 Å². The summed E-state index contributed by atoms with van der Waals surface area (Å²) in [5.41, 5.74) is 1.63. The third-order valence-corrected chi connectivity index (χ3v) is 4.95. The quantitative estimate of drug-likeness (QED) is 0.910. The number of aliphatic hydroxyl groups is 1. The molecule has 116 valence electrons. The van der Waals surface area contributed by atoms with Crippen LogP contribution in [0.5, 0.6) is 0 Å². The van der Waals surface area contributed by atoms with E-state index < -0.39 is 5.60 Å². The number of nitrogens with zero attached hydrogens (tertiary/aromatic N) is 4. The summed E-state index contributed by atoms with van der Waals surface area (Å²) in [5.74, 6) is 0.183. The first-order valence-corrected chi connectivity index (χ1v) is 7.88. The van der Waals surface area contributed by atoms with E-state index in [1.54, 1.807) is 16.9 Å². The third kappa shape index (κ3) is 2.18. The van der Waals surface area contributed by atoms with Crippen molar-refractivity contribution in [2.75, 3.05) is 13.1 Å². The molecule has 2 aliphatic rings. The second-order valence-corrected chi connectivity index (χ2v) is 6.65. The van der Waals surface area contributed by atoms with Crippen molar-refractivity contribution in [3.8, 4) is 0 Å². The fourth-order valence-electron chi connectivity index (χ4n) is 3.43. The van der Waals surface area contributed by atoms with Gasteiger partial charge in [0.2, 0.25) is 0 Å². The van der Waals surface area contributed by atoms with Crippen LogP contribution in [0.3, 0.4) is 0 Å². The number of piperidine rings is 1. The van der Waals surface area contributed by atoms with Crippen molar-refractivity contribution in [2.45, 2.75) is 38.2 Å². The molecule has 4 rings (SSSR count). The Morgan fingerprint density at radius 3 is 3.00 bits per heavy atom. The smallest absolute Gasteiger partial charge is 0.259 e. The summed E-state index contributed by atoms with van der Waals surface area (Å²) in [6.45, 7) is 3.33. The van der Waals surface area contributed by atoms with Crippen LogP contribution in [0.25, 0.3) is 5.65 Å². The van der Waals surface area contributed by atoms with Crippen molar-refractivity contribution >= 4 is 11.6 Å². The molecule has 2 aromatic heterocycles. The topological polar surface area (TPSA) is 70.7 Å². The second kappa shape index (κ2) is 4.78. The summed E-state index contributed by atoms with van der Waals surface area (Å²) in [5, 5.41) is 14.6. The van der Waals surface area contributed by atoms with E-state index in [1.807, 2.05) is 18.0 Å². The molecule has 6 nitrogen and oxygen atoms in total. The minimum atomic E-state index is -0.518. The molecule has 1 aliphatic carbocycles. The van der Waals surface area contributed by atoms with Crippen molar-refractivity contribution in [3.63, 3.8) is 0 Å². The number of hydrogen-bond acceptors (Lipinski definition) is 4. The summed E-state index contributed by atoms with van der Waals surface area (Å²) in [7, 11) is 0. The Bertz CT molecular complexity index is 735. The molecule has 3 heterocycles. The highest BCUT2D eigenvalue weighted by Crippen LogP contribution is 2.45. The van der Waals surface area contributed by atoms with Crippen LogP contribution in [0, 0.1) is 12.8 Å². The Labute approximate surface area is 128 Å². The molecule has 1 atom stereocenters. The maximum absolute atomic E-state index is 12.8. The molecule has 1 unspecified atom stereocenters. The van der Waals surface area contributed by atoms with Gasteiger partial charge in [0, 0.05) is 31.4 Å². The van der Waals surface area contributed by atoms with Crippen molar-refractivity contribution < 1.29 is 9.90 Å². The lowest BCUT2D eigenvalue weighted by Gasteiger charge is -2.35. The highest BCUT2D eigenvalue weighted by atomic mass is 16.3. The van der Waals surface area contributed by atoms with Crippen LogP contribution in [0.4, 0.5) is 0 Å². The van der Waals surface area contributed by atoms with Gasteiger partial charge in [-0.15, -0.1) is 0 Å². The molecule has 1 saturated carbocycles. The summed E-state index contributed by atoms with van der Waals surface area (Å²) in [6.07, 6.45) is 8.91. The molecule has 1 aliphatic heterocycles. The molecule has 0 radical (unpaired) electrons. The number of likely N-dealkylation sites (tertiary alicyclic amines) is 1. The van der Waals surface area contributed by atoms with Crippen LogP contribution >= 0.6 is 0 Å². The van der Waals surface area contributed by atoms with Gasteiger partial charge in [-0.05, 0) is 38.2 Å². The maximum atomic E-state index is 12.8. The number of amides is 1. The minimum absolute atomic E-state index is 0.0275. The van der Waals surface area contributed by atoms with E-state index in [0.29, 0.717) is 17.8 Å². The largest absolute Gasteiger partial charge is 0.390 e. The molecular formula is C16H20N4O2. The van der Waals surface area contributed by atoms with E-state index in [9.17, 15) is 9.90 Å². The SMILES string of the molecule is Cc1cnc2c(C(=O)N3CCCC(C4(O)CC4)C3)cnn2c1. The fourth-order valence-corrected chi connectivity index (χ4v) is 3.43. The average molecular weight is 300 g/mol. The van der Waals surface area contributed by atoms with Gasteiger partial charge in [-0.25, -0.2) is 9.50 Å². The standard InChI is InChI=1S/C16H20N4O2/c1-11-7-17-14-13(8-18-20(14)9-11)15(21)19-6-2-3-12(10-19)16(22)4-5-16/h7-9,12,22H,2-6,10H2,1H3. The molecule has 22 heavy (non-hydrogen) atoms. The summed E-state index contributed by atoms with van der Waals surface area (Å²) in [6, 6.07) is 0. The Kier molecular flexibility index (Phi) is 2.97. The van der Waals surface area contributed by atoms with Crippen LogP contribution in [0.1, 0.15) is 41.6 Å². The lowest BCUT2D eigenvalue weighted by Crippen LogP contribution is -2.44. The third-order valence-electron chi connectivity index (χ3n) is 4.95. The second-order valence-electron chi connectivity index (χ2n) is 6.65. The van der Waals surface area contributed by atoms with Crippen LogP contribution in [0.15, 0.2) is 18.6 Å². The zero-order valence-electron chi connectivity index (χ0n) is 12.7. The van der Waals surface area contributed by atoms with E-state index in [0.717, 1.165) is 37.8 Å². The zero-order valence-corrected chi connectivity index (χ0v) is 12.7. The van der Waals surface area contributed by atoms with Gasteiger partial charge in [-0.3, -0.25) is 4.79 Å². The fraction of sp³-hybridized carbons (Fsp3) is 0.562. The number of carbonyl (C=O) groups excluding carboxylic acids is 1. The molecule has 2 fully saturated rings. The Balaban J connectivity index is 1.60. The molecule has 1 amide bonds. The first-order chi connectivity index (χ1) is 10.6. The molecular weight excluding hydrogens is 280 g/mol. The van der Waals surface area contributed by atoms with Crippen LogP contribution < -0.4 is 0 Å². The summed E-state index contributed by atoms with van der Waals surface area (Å²) in [4.78, 5) is 19.0. The molecule has 2 aromatic rings. The Hall–Kier alpha value is -1.95. The Morgan fingerprint density at radius 2 is 2.23 bits per heavy atom. The van der Waals surface area contributed by atoms with E-state index in [4.69, 9.17) is 0 Å². The first kappa shape index (κ1) is 13.7. The van der Waals surface area contributed by atoms with E-state index in [2.05, 4.69) is 10.1 Å². The van der Waals surface area contributed by atoms with Gasteiger partial charge in [0.05, 0.1) is 11.8 Å². The van der Waals surface area contributed by atoms with Gasteiger partial charge in [-0.1, -0.05) is 0 Å². The lowest BCUT2D eigenvalue weighted by molar-refractivity contribution is 0.0283. The van der Waals surface area contributed by atoms with E-state index in [1.165, 1.54) is 0 Å². The van der Waals surface area contributed by atoms with Gasteiger partial charge in [0.1, 0.15) is 5.56 Å². The number of rotatable bonds is 2. The molecule has 1 N–H and O–H groups in total. The number of carbonyl (C=O) groups is 1. The molecule has 0 spiro atoms. The minimum Gasteiger partial charge on any atom is -0.390 e. The predicted molar refractivity (Wildman–Crippen MR) is 80.5 cm³/mol. The normalized spacial score (nSPS) is 23.7. The summed E-state index contributed by atoms with van der Waals surface area (Å²) < 4.78 is 1.65. The Morgan fingerprint density at radius 1 is 1.41 bits per heavy atom. The van der Waals surface area contributed by atoms with Gasteiger partial charge in [-0.2, -0.15) is 5.10 Å². The molecule has 0 aromatic carbocycles. The molecule has 1 saturated heterocycles. The van der Waals surface area contributed by atoms with E-state index in [-0.39, 0.29) is 11.8 Å². The van der Waals surface area contributed by atoms with Crippen LogP contribution in [-0.4, -0.2) is 49.2 Å². The van der Waals surface area contributed by atoms with Gasteiger partial charge >= 0.3 is 0 Å². The average Bonchev–Trinajstić information content (AvgIpc) is 3.15. The van der Waals surface area contributed by atoms with Gasteiger partial charge in [0.15, 0.2) is 5.65 Å². The predicted octanol–water partition coefficient (Wildman–Crippen LogP) is 1.41. The molecule has 0 bridgehead atoms. The van der Waals surface area contributed by atoms with Crippen molar-refractivity contribution in [1.29, 1.82) is 0 Å². The monoisotopic (exact) mass is 300 g/mol. The highest BCUT2D eigenvalue weighted by molar-refractivity contribution is 5.99. The number of hydrogen-bond donors (Lipinski definition) is 1. The van der Waals surface area contributed by atoms with Crippen LogP contribution in [0.2, 0.25) is 0 Å². The first-order valence-electron chi connectivity index (χ1n) is 7.88. The number of aryl methyl sites for hydroxylation is 1. The number of fused-ring (bicyclic) bond motifs is 1. The highest BCUT2D eigenvalue weighted by Gasteiger charge is 2.49. The zero-order chi connectivity index (χ0) is 15.3. The van der Waals surface area contributed by atoms with Crippen molar-refractivity contribution in [2.24, 2.45) is 5.92 Å². The van der Waals surface area contributed by atoms with E-state index >= 15 is 0 Å². The van der Waals surface area contributed by atoms with Crippen molar-refractivity contribution in [1.82, 2.24) is 19.5 Å².